The summed E-state index contributed by atoms with van der Waals surface area (Å²) < 4.78 is 0. The SMILES string of the molecule is CN1CCC[C@@H]([C@@](C)(O)c2ccccc2)C1. The van der Waals surface area contributed by atoms with Crippen LogP contribution in [0.25, 0.3) is 0 Å². The maximum Gasteiger partial charge on any atom is 0.0908 e. The van der Waals surface area contributed by atoms with Crippen LogP contribution >= 0.6 is 0 Å². The van der Waals surface area contributed by atoms with Gasteiger partial charge in [-0.2, -0.15) is 0 Å². The molecular formula is C14H21NO. The summed E-state index contributed by atoms with van der Waals surface area (Å²) in [6, 6.07) is 10.0. The number of aliphatic hydroxyl groups is 1. The monoisotopic (exact) mass is 219 g/mol. The molecule has 2 rings (SSSR count). The topological polar surface area (TPSA) is 23.5 Å². The van der Waals surface area contributed by atoms with E-state index in [-0.39, 0.29) is 0 Å². The zero-order valence-corrected chi connectivity index (χ0v) is 10.2. The second-order valence-electron chi connectivity index (χ2n) is 5.11. The molecular weight excluding hydrogens is 198 g/mol. The second-order valence-corrected chi connectivity index (χ2v) is 5.11. The number of likely N-dealkylation sites (tertiary alicyclic amines) is 1. The van der Waals surface area contributed by atoms with Crippen LogP contribution in [0.3, 0.4) is 0 Å². The van der Waals surface area contributed by atoms with Gasteiger partial charge in [-0.1, -0.05) is 30.3 Å². The van der Waals surface area contributed by atoms with E-state index in [1.54, 1.807) is 0 Å². The first kappa shape index (κ1) is 11.6. The molecule has 1 aromatic carbocycles. The van der Waals surface area contributed by atoms with Gasteiger partial charge in [-0.3, -0.25) is 0 Å². The fourth-order valence-corrected chi connectivity index (χ4v) is 2.64. The number of hydrogen-bond donors (Lipinski definition) is 1. The Kier molecular flexibility index (Phi) is 3.31. The summed E-state index contributed by atoms with van der Waals surface area (Å²) in [5.41, 5.74) is 0.339. The lowest BCUT2D eigenvalue weighted by molar-refractivity contribution is -0.0340. The van der Waals surface area contributed by atoms with Crippen LogP contribution in [0.5, 0.6) is 0 Å². The minimum absolute atomic E-state index is 0.341. The Morgan fingerprint density at radius 3 is 2.62 bits per heavy atom. The highest BCUT2D eigenvalue weighted by Gasteiger charge is 2.35. The third-order valence-electron chi connectivity index (χ3n) is 3.78. The number of piperidine rings is 1. The van der Waals surface area contributed by atoms with Crippen molar-refractivity contribution in [2.45, 2.75) is 25.4 Å². The van der Waals surface area contributed by atoms with Gasteiger partial charge in [0.2, 0.25) is 0 Å². The molecule has 1 fully saturated rings. The molecule has 2 heteroatoms. The molecule has 0 aliphatic carbocycles. The van der Waals surface area contributed by atoms with Crippen LogP contribution < -0.4 is 0 Å². The van der Waals surface area contributed by atoms with E-state index in [9.17, 15) is 5.11 Å². The highest BCUT2D eigenvalue weighted by atomic mass is 16.3. The summed E-state index contributed by atoms with van der Waals surface area (Å²) in [6.45, 7) is 4.09. The fourth-order valence-electron chi connectivity index (χ4n) is 2.64. The van der Waals surface area contributed by atoms with Crippen molar-refractivity contribution in [1.82, 2.24) is 4.90 Å². The molecule has 2 atom stereocenters. The predicted octanol–water partition coefficient (Wildman–Crippen LogP) is 2.24. The first-order valence-corrected chi connectivity index (χ1v) is 6.07. The van der Waals surface area contributed by atoms with Crippen LogP contribution in [-0.4, -0.2) is 30.1 Å². The molecule has 2 nitrogen and oxygen atoms in total. The predicted molar refractivity (Wildman–Crippen MR) is 66.2 cm³/mol. The largest absolute Gasteiger partial charge is 0.385 e. The molecule has 1 heterocycles. The van der Waals surface area contributed by atoms with E-state index in [1.165, 1.54) is 6.42 Å². The van der Waals surface area contributed by atoms with Crippen LogP contribution in [0.15, 0.2) is 30.3 Å². The molecule has 1 saturated heterocycles. The Balaban J connectivity index is 2.18. The molecule has 1 aromatic rings. The van der Waals surface area contributed by atoms with Crippen LogP contribution in [0.4, 0.5) is 0 Å². The smallest absolute Gasteiger partial charge is 0.0908 e. The lowest BCUT2D eigenvalue weighted by Gasteiger charge is -2.39. The summed E-state index contributed by atoms with van der Waals surface area (Å²) in [4.78, 5) is 2.31. The summed E-state index contributed by atoms with van der Waals surface area (Å²) in [5.74, 6) is 0.341. The Labute approximate surface area is 97.9 Å². The molecule has 1 aliphatic rings. The molecule has 0 amide bonds. The third-order valence-corrected chi connectivity index (χ3v) is 3.78. The lowest BCUT2D eigenvalue weighted by Crippen LogP contribution is -2.43. The van der Waals surface area contributed by atoms with Crippen molar-refractivity contribution in [3.05, 3.63) is 35.9 Å². The van der Waals surface area contributed by atoms with Crippen molar-refractivity contribution in [2.24, 2.45) is 5.92 Å². The van der Waals surface area contributed by atoms with Gasteiger partial charge in [0.25, 0.3) is 0 Å². The second kappa shape index (κ2) is 4.56. The van der Waals surface area contributed by atoms with Gasteiger partial charge < -0.3 is 10.0 Å². The molecule has 0 radical (unpaired) electrons. The number of rotatable bonds is 2. The van der Waals surface area contributed by atoms with Crippen LogP contribution in [0, 0.1) is 5.92 Å². The zero-order chi connectivity index (χ0) is 11.6. The maximum absolute atomic E-state index is 10.7. The van der Waals surface area contributed by atoms with Gasteiger partial charge in [0, 0.05) is 12.5 Å². The van der Waals surface area contributed by atoms with E-state index in [0.29, 0.717) is 5.92 Å². The van der Waals surface area contributed by atoms with Gasteiger partial charge in [0.05, 0.1) is 5.60 Å². The standard InChI is InChI=1S/C14H21NO/c1-14(16,12-7-4-3-5-8-12)13-9-6-10-15(2)11-13/h3-5,7-8,13,16H,6,9-11H2,1-2H3/t13-,14+/m1/s1. The quantitative estimate of drug-likeness (QED) is 0.824. The molecule has 88 valence electrons. The van der Waals surface area contributed by atoms with Crippen LogP contribution in [0.2, 0.25) is 0 Å². The van der Waals surface area contributed by atoms with Gasteiger partial charge in [0.15, 0.2) is 0 Å². The van der Waals surface area contributed by atoms with Gasteiger partial charge >= 0.3 is 0 Å². The lowest BCUT2D eigenvalue weighted by atomic mass is 9.78. The molecule has 0 spiro atoms. The van der Waals surface area contributed by atoms with E-state index in [0.717, 1.165) is 25.1 Å². The number of hydrogen-bond acceptors (Lipinski definition) is 2. The fraction of sp³-hybridized carbons (Fsp3) is 0.571. The molecule has 0 bridgehead atoms. The normalized spacial score (nSPS) is 26.3. The Hall–Kier alpha value is -0.860. The zero-order valence-electron chi connectivity index (χ0n) is 10.2. The Morgan fingerprint density at radius 1 is 1.31 bits per heavy atom. The molecule has 1 aliphatic heterocycles. The van der Waals surface area contributed by atoms with Crippen molar-refractivity contribution in [2.75, 3.05) is 20.1 Å². The summed E-state index contributed by atoms with van der Waals surface area (Å²) in [7, 11) is 2.13. The number of benzene rings is 1. The van der Waals surface area contributed by atoms with Crippen LogP contribution in [0.1, 0.15) is 25.3 Å². The van der Waals surface area contributed by atoms with Crippen molar-refractivity contribution in [3.8, 4) is 0 Å². The first-order valence-electron chi connectivity index (χ1n) is 6.07. The summed E-state index contributed by atoms with van der Waals surface area (Å²) >= 11 is 0. The molecule has 0 saturated carbocycles. The first-order chi connectivity index (χ1) is 7.60. The van der Waals surface area contributed by atoms with Gasteiger partial charge in [0.1, 0.15) is 0 Å². The van der Waals surface area contributed by atoms with E-state index >= 15 is 0 Å². The van der Waals surface area contributed by atoms with Gasteiger partial charge in [-0.15, -0.1) is 0 Å². The molecule has 0 unspecified atom stereocenters. The highest BCUT2D eigenvalue weighted by molar-refractivity contribution is 5.22. The van der Waals surface area contributed by atoms with E-state index in [2.05, 4.69) is 11.9 Å². The highest BCUT2D eigenvalue weighted by Crippen LogP contribution is 2.34. The minimum Gasteiger partial charge on any atom is -0.385 e. The molecule has 16 heavy (non-hydrogen) atoms. The Morgan fingerprint density at radius 2 is 2.00 bits per heavy atom. The van der Waals surface area contributed by atoms with E-state index < -0.39 is 5.60 Å². The average Bonchev–Trinajstić information content (AvgIpc) is 2.30. The maximum atomic E-state index is 10.7. The van der Waals surface area contributed by atoms with Crippen molar-refractivity contribution in [1.29, 1.82) is 0 Å². The van der Waals surface area contributed by atoms with E-state index in [4.69, 9.17) is 0 Å². The van der Waals surface area contributed by atoms with Crippen molar-refractivity contribution in [3.63, 3.8) is 0 Å². The Bertz CT molecular complexity index is 334. The average molecular weight is 219 g/mol. The van der Waals surface area contributed by atoms with Gasteiger partial charge in [-0.05, 0) is 38.9 Å². The van der Waals surface area contributed by atoms with Gasteiger partial charge in [-0.25, -0.2) is 0 Å². The van der Waals surface area contributed by atoms with Crippen molar-refractivity contribution < 1.29 is 5.11 Å². The van der Waals surface area contributed by atoms with Crippen molar-refractivity contribution >= 4 is 0 Å². The third kappa shape index (κ3) is 2.28. The summed E-state index contributed by atoms with van der Waals surface area (Å²) in [5, 5.41) is 10.7. The molecule has 0 aromatic heterocycles. The molecule has 1 N–H and O–H groups in total. The number of nitrogens with zero attached hydrogens (tertiary/aromatic N) is 1. The minimum atomic E-state index is -0.698. The van der Waals surface area contributed by atoms with E-state index in [1.807, 2.05) is 37.3 Å². The van der Waals surface area contributed by atoms with Crippen LogP contribution in [-0.2, 0) is 5.60 Å². The summed E-state index contributed by atoms with van der Waals surface area (Å²) in [6.07, 6.45) is 2.30.